The Labute approximate surface area is 139 Å². The minimum absolute atomic E-state index is 0.416. The molecule has 1 aliphatic rings. The molecule has 1 saturated heterocycles. The molecule has 0 amide bonds. The topological polar surface area (TPSA) is 45.5 Å². The molecular formula is C18H29N5. The van der Waals surface area contributed by atoms with Gasteiger partial charge >= 0.3 is 0 Å². The van der Waals surface area contributed by atoms with Crippen molar-refractivity contribution in [2.24, 2.45) is 0 Å². The maximum absolute atomic E-state index is 4.71. The molecule has 1 fully saturated rings. The van der Waals surface area contributed by atoms with Crippen LogP contribution in [0.3, 0.4) is 0 Å². The van der Waals surface area contributed by atoms with E-state index in [0.717, 1.165) is 35.8 Å². The molecule has 23 heavy (non-hydrogen) atoms. The molecule has 0 unspecified atom stereocenters. The Morgan fingerprint density at radius 3 is 2.61 bits per heavy atom. The third-order valence-electron chi connectivity index (χ3n) is 4.79. The highest BCUT2D eigenvalue weighted by molar-refractivity contribution is 5.50. The first-order chi connectivity index (χ1) is 11.0. The van der Waals surface area contributed by atoms with Crippen molar-refractivity contribution < 1.29 is 0 Å². The van der Waals surface area contributed by atoms with Crippen molar-refractivity contribution in [3.05, 3.63) is 23.5 Å². The Hall–Kier alpha value is -1.62. The fourth-order valence-corrected chi connectivity index (χ4v) is 3.30. The number of rotatable bonds is 6. The zero-order chi connectivity index (χ0) is 16.4. The van der Waals surface area contributed by atoms with E-state index < -0.39 is 0 Å². The first-order valence-electron chi connectivity index (χ1n) is 8.90. The van der Waals surface area contributed by atoms with E-state index in [2.05, 4.69) is 42.2 Å². The molecule has 1 aliphatic heterocycles. The van der Waals surface area contributed by atoms with Crippen molar-refractivity contribution in [1.29, 1.82) is 0 Å². The van der Waals surface area contributed by atoms with Gasteiger partial charge in [-0.1, -0.05) is 13.8 Å². The first-order valence-corrected chi connectivity index (χ1v) is 8.90. The Kier molecular flexibility index (Phi) is 4.85. The van der Waals surface area contributed by atoms with E-state index in [1.54, 1.807) is 0 Å². The first kappa shape index (κ1) is 16.2. The van der Waals surface area contributed by atoms with Crippen molar-refractivity contribution in [2.45, 2.75) is 58.9 Å². The van der Waals surface area contributed by atoms with Gasteiger partial charge in [0, 0.05) is 30.4 Å². The Morgan fingerprint density at radius 1 is 1.17 bits per heavy atom. The van der Waals surface area contributed by atoms with Crippen molar-refractivity contribution in [3.63, 3.8) is 0 Å². The second kappa shape index (κ2) is 6.87. The highest BCUT2D eigenvalue weighted by Gasteiger charge is 2.17. The Morgan fingerprint density at radius 2 is 1.91 bits per heavy atom. The van der Waals surface area contributed by atoms with Crippen LogP contribution in [0.1, 0.15) is 57.3 Å². The summed E-state index contributed by atoms with van der Waals surface area (Å²) in [6, 6.07) is 4.83. The van der Waals surface area contributed by atoms with Crippen molar-refractivity contribution >= 4 is 11.5 Å². The summed E-state index contributed by atoms with van der Waals surface area (Å²) >= 11 is 0. The summed E-state index contributed by atoms with van der Waals surface area (Å²) in [5, 5.41) is 8.15. The molecule has 1 N–H and O–H groups in total. The Balaban J connectivity index is 1.70. The molecular weight excluding hydrogens is 286 g/mol. The maximum Gasteiger partial charge on any atom is 0.157 e. The quantitative estimate of drug-likeness (QED) is 0.887. The van der Waals surface area contributed by atoms with Crippen LogP contribution in [-0.2, 0) is 0 Å². The zero-order valence-electron chi connectivity index (χ0n) is 14.8. The predicted octanol–water partition coefficient (Wildman–Crippen LogP) is 3.45. The van der Waals surface area contributed by atoms with Gasteiger partial charge in [-0.25, -0.2) is 4.98 Å². The molecule has 0 radical (unpaired) electrons. The van der Waals surface area contributed by atoms with Crippen LogP contribution in [-0.4, -0.2) is 45.2 Å². The van der Waals surface area contributed by atoms with Gasteiger partial charge in [-0.3, -0.25) is 0 Å². The Bertz CT molecular complexity index is 655. The van der Waals surface area contributed by atoms with Crippen LogP contribution < -0.4 is 5.32 Å². The molecule has 1 atom stereocenters. The van der Waals surface area contributed by atoms with E-state index in [0.29, 0.717) is 12.0 Å². The fraction of sp³-hybridized carbons (Fsp3) is 0.667. The number of anilines is 1. The molecule has 0 aliphatic carbocycles. The van der Waals surface area contributed by atoms with Crippen molar-refractivity contribution in [1.82, 2.24) is 19.5 Å². The lowest BCUT2D eigenvalue weighted by atomic mass is 10.1. The van der Waals surface area contributed by atoms with Crippen LogP contribution in [0.4, 0.5) is 5.82 Å². The molecule has 2 aromatic heterocycles. The van der Waals surface area contributed by atoms with Crippen LogP contribution in [0, 0.1) is 6.92 Å². The van der Waals surface area contributed by atoms with Gasteiger partial charge in [0.2, 0.25) is 0 Å². The number of likely N-dealkylation sites (tertiary alicyclic amines) is 1. The van der Waals surface area contributed by atoms with E-state index in [4.69, 9.17) is 4.98 Å². The van der Waals surface area contributed by atoms with Gasteiger partial charge in [0.25, 0.3) is 0 Å². The van der Waals surface area contributed by atoms with E-state index in [1.807, 2.05) is 17.5 Å². The lowest BCUT2D eigenvalue weighted by molar-refractivity contribution is 0.251. The van der Waals surface area contributed by atoms with Gasteiger partial charge in [-0.2, -0.15) is 9.61 Å². The van der Waals surface area contributed by atoms with E-state index in [-0.39, 0.29) is 0 Å². The molecule has 0 spiro atoms. The summed E-state index contributed by atoms with van der Waals surface area (Å²) in [6.45, 7) is 12.2. The largest absolute Gasteiger partial charge is 0.370 e. The molecule has 5 heteroatoms. The smallest absolute Gasteiger partial charge is 0.157 e. The number of aryl methyl sites for hydroxylation is 1. The van der Waals surface area contributed by atoms with Crippen LogP contribution in [0.25, 0.3) is 5.65 Å². The van der Waals surface area contributed by atoms with Crippen LogP contribution in [0.2, 0.25) is 0 Å². The number of hydrogen-bond acceptors (Lipinski definition) is 4. The third-order valence-corrected chi connectivity index (χ3v) is 4.79. The van der Waals surface area contributed by atoms with Crippen molar-refractivity contribution in [2.75, 3.05) is 25.0 Å². The van der Waals surface area contributed by atoms with Crippen molar-refractivity contribution in [3.8, 4) is 0 Å². The molecule has 0 aromatic carbocycles. The second-order valence-corrected chi connectivity index (χ2v) is 7.08. The highest BCUT2D eigenvalue weighted by atomic mass is 15.3. The molecule has 2 aromatic rings. The van der Waals surface area contributed by atoms with Gasteiger partial charge < -0.3 is 10.2 Å². The molecule has 0 bridgehead atoms. The van der Waals surface area contributed by atoms with Crippen LogP contribution >= 0.6 is 0 Å². The lowest BCUT2D eigenvalue weighted by Crippen LogP contribution is -2.31. The highest BCUT2D eigenvalue weighted by Crippen LogP contribution is 2.20. The van der Waals surface area contributed by atoms with E-state index in [1.165, 1.54) is 25.9 Å². The zero-order valence-corrected chi connectivity index (χ0v) is 14.8. The summed E-state index contributed by atoms with van der Waals surface area (Å²) in [5.41, 5.74) is 3.06. The normalized spacial score (nSPS) is 17.3. The van der Waals surface area contributed by atoms with E-state index >= 15 is 0 Å². The number of nitrogens with zero attached hydrogens (tertiary/aromatic N) is 4. The third kappa shape index (κ3) is 3.66. The number of hydrogen-bond donors (Lipinski definition) is 1. The average Bonchev–Trinajstić information content (AvgIpc) is 3.14. The summed E-state index contributed by atoms with van der Waals surface area (Å²) < 4.78 is 1.93. The predicted molar refractivity (Wildman–Crippen MR) is 95.2 cm³/mol. The summed E-state index contributed by atoms with van der Waals surface area (Å²) in [7, 11) is 0. The number of aromatic nitrogens is 3. The van der Waals surface area contributed by atoms with Gasteiger partial charge in [-0.15, -0.1) is 0 Å². The lowest BCUT2D eigenvalue weighted by Gasteiger charge is -2.24. The van der Waals surface area contributed by atoms with Gasteiger partial charge in [-0.05, 0) is 52.1 Å². The minimum atomic E-state index is 0.416. The summed E-state index contributed by atoms with van der Waals surface area (Å²) in [5.74, 6) is 1.47. The number of fused-ring (bicyclic) bond motifs is 1. The van der Waals surface area contributed by atoms with Crippen LogP contribution in [0.15, 0.2) is 12.1 Å². The van der Waals surface area contributed by atoms with Gasteiger partial charge in [0.1, 0.15) is 5.82 Å². The summed E-state index contributed by atoms with van der Waals surface area (Å²) in [4.78, 5) is 7.31. The second-order valence-electron chi connectivity index (χ2n) is 7.08. The SMILES string of the molecule is Cc1cc2nc(C(C)C)cc(NCC[C@@H](C)N3CCCC3)n2n1. The average molecular weight is 315 g/mol. The molecule has 0 saturated carbocycles. The monoisotopic (exact) mass is 315 g/mol. The molecule has 3 heterocycles. The van der Waals surface area contributed by atoms with Crippen LogP contribution in [0.5, 0.6) is 0 Å². The van der Waals surface area contributed by atoms with E-state index in [9.17, 15) is 0 Å². The summed E-state index contributed by atoms with van der Waals surface area (Å²) in [6.07, 6.45) is 3.86. The molecule has 5 nitrogen and oxygen atoms in total. The molecule has 3 rings (SSSR count). The fourth-order valence-electron chi connectivity index (χ4n) is 3.30. The standard InChI is InChI=1S/C18H29N5/c1-13(2)16-12-17(23-18(20-16)11-14(3)21-23)19-8-7-15(4)22-9-5-6-10-22/h11-13,15,19H,5-10H2,1-4H3/t15-/m1/s1. The minimum Gasteiger partial charge on any atom is -0.370 e. The molecule has 126 valence electrons. The van der Waals surface area contributed by atoms with Gasteiger partial charge in [0.15, 0.2) is 5.65 Å². The maximum atomic E-state index is 4.71. The number of nitrogens with one attached hydrogen (secondary N) is 1. The van der Waals surface area contributed by atoms with Gasteiger partial charge in [0.05, 0.1) is 5.69 Å².